The standard InChI is InChI=1S/C17H11N3O2.C9H5ClN2O2.ClH/c1-2-11-4-3-5-12(6-11)20-17-13-7-15-16(22-10-21-15)8-14(13)18-9-19-17;10-9-5-1-7-8(14-4-13-7)2-6(5)11-3-12-9;/h1,3-9H,10H2,(H,18,19,20);1-3H,4H2;1H. The average molecular weight is 534 g/mol. The molecule has 0 radical (unpaired) electrons. The van der Waals surface area contributed by atoms with Crippen molar-refractivity contribution in [1.82, 2.24) is 19.9 Å². The number of ether oxygens (including phenoxy) is 4. The highest BCUT2D eigenvalue weighted by molar-refractivity contribution is 6.34. The highest BCUT2D eigenvalue weighted by atomic mass is 35.5. The van der Waals surface area contributed by atoms with Crippen LogP contribution in [0.5, 0.6) is 23.0 Å². The number of hydrogen-bond acceptors (Lipinski definition) is 9. The molecule has 0 fully saturated rings. The molecule has 2 aliphatic rings. The van der Waals surface area contributed by atoms with Crippen molar-refractivity contribution in [2.24, 2.45) is 0 Å². The molecule has 0 saturated carbocycles. The minimum absolute atomic E-state index is 0. The van der Waals surface area contributed by atoms with E-state index in [2.05, 4.69) is 31.2 Å². The van der Waals surface area contributed by atoms with Crippen molar-refractivity contribution in [3.05, 3.63) is 71.9 Å². The van der Waals surface area contributed by atoms with Gasteiger partial charge in [-0.3, -0.25) is 0 Å². The second-order valence-corrected chi connectivity index (χ2v) is 8.04. The third-order valence-electron chi connectivity index (χ3n) is 5.50. The first kappa shape index (κ1) is 24.2. The minimum atomic E-state index is 0. The van der Waals surface area contributed by atoms with Crippen LogP contribution in [0, 0.1) is 12.3 Å². The fourth-order valence-electron chi connectivity index (χ4n) is 3.78. The second kappa shape index (κ2) is 10.2. The van der Waals surface area contributed by atoms with E-state index in [4.69, 9.17) is 37.0 Å². The van der Waals surface area contributed by atoms with Crippen molar-refractivity contribution in [1.29, 1.82) is 0 Å². The summed E-state index contributed by atoms with van der Waals surface area (Å²) in [4.78, 5) is 16.6. The molecular formula is C26H17Cl2N5O4. The first-order valence-electron chi connectivity index (χ1n) is 10.8. The third-order valence-corrected chi connectivity index (χ3v) is 5.80. The Morgan fingerprint density at radius 1 is 0.757 bits per heavy atom. The molecule has 5 aromatic rings. The zero-order valence-electron chi connectivity index (χ0n) is 19.0. The molecule has 0 saturated heterocycles. The molecule has 0 amide bonds. The Balaban J connectivity index is 0.000000161. The highest BCUT2D eigenvalue weighted by Gasteiger charge is 2.17. The van der Waals surface area contributed by atoms with Crippen LogP contribution in [0.4, 0.5) is 11.5 Å². The number of nitrogens with zero attached hydrogens (tertiary/aromatic N) is 4. The highest BCUT2D eigenvalue weighted by Crippen LogP contribution is 2.38. The summed E-state index contributed by atoms with van der Waals surface area (Å²) in [5.74, 6) is 6.09. The normalized spacial score (nSPS) is 12.3. The molecule has 2 aliphatic heterocycles. The summed E-state index contributed by atoms with van der Waals surface area (Å²) in [6.07, 6.45) is 8.37. The van der Waals surface area contributed by atoms with Gasteiger partial charge in [-0.2, -0.15) is 0 Å². The van der Waals surface area contributed by atoms with Gasteiger partial charge in [0.25, 0.3) is 0 Å². The van der Waals surface area contributed by atoms with Gasteiger partial charge in [0.15, 0.2) is 23.0 Å². The SMILES string of the molecule is C#Cc1cccc(Nc2ncnc3cc4c(cc23)OCO4)c1.Cl.Clc1ncnc2cc3c(cc12)OCO3. The number of benzene rings is 3. The summed E-state index contributed by atoms with van der Waals surface area (Å²) in [5.41, 5.74) is 3.22. The van der Waals surface area contributed by atoms with Crippen molar-refractivity contribution < 1.29 is 18.9 Å². The van der Waals surface area contributed by atoms with Gasteiger partial charge in [-0.1, -0.05) is 23.6 Å². The zero-order valence-corrected chi connectivity index (χ0v) is 20.5. The van der Waals surface area contributed by atoms with E-state index in [0.717, 1.165) is 33.1 Å². The van der Waals surface area contributed by atoms with E-state index < -0.39 is 0 Å². The van der Waals surface area contributed by atoms with E-state index in [1.54, 1.807) is 12.1 Å². The van der Waals surface area contributed by atoms with Crippen molar-refractivity contribution in [3.8, 4) is 35.3 Å². The fourth-order valence-corrected chi connectivity index (χ4v) is 3.98. The van der Waals surface area contributed by atoms with E-state index in [9.17, 15) is 0 Å². The lowest BCUT2D eigenvalue weighted by Crippen LogP contribution is -1.96. The Labute approximate surface area is 222 Å². The van der Waals surface area contributed by atoms with E-state index in [1.807, 2.05) is 36.4 Å². The maximum absolute atomic E-state index is 5.91. The first-order chi connectivity index (χ1) is 17.7. The third kappa shape index (κ3) is 4.80. The molecule has 0 atom stereocenters. The largest absolute Gasteiger partial charge is 0.454 e. The van der Waals surface area contributed by atoms with Gasteiger partial charge in [-0.25, -0.2) is 19.9 Å². The molecule has 37 heavy (non-hydrogen) atoms. The van der Waals surface area contributed by atoms with Crippen LogP contribution >= 0.6 is 24.0 Å². The number of fused-ring (bicyclic) bond motifs is 4. The van der Waals surface area contributed by atoms with E-state index in [-0.39, 0.29) is 26.0 Å². The van der Waals surface area contributed by atoms with Gasteiger partial charge in [-0.15, -0.1) is 18.8 Å². The van der Waals surface area contributed by atoms with Gasteiger partial charge in [0.2, 0.25) is 13.6 Å². The van der Waals surface area contributed by atoms with Crippen LogP contribution in [0.1, 0.15) is 5.56 Å². The van der Waals surface area contributed by atoms with Crippen LogP contribution in [-0.2, 0) is 0 Å². The molecule has 0 unspecified atom stereocenters. The summed E-state index contributed by atoms with van der Waals surface area (Å²) in [5, 5.41) is 5.33. The number of rotatable bonds is 2. The number of halogens is 2. The zero-order chi connectivity index (χ0) is 24.5. The summed E-state index contributed by atoms with van der Waals surface area (Å²) in [7, 11) is 0. The van der Waals surface area contributed by atoms with Crippen molar-refractivity contribution >= 4 is 57.3 Å². The first-order valence-corrected chi connectivity index (χ1v) is 11.1. The van der Waals surface area contributed by atoms with Crippen molar-refractivity contribution in [2.75, 3.05) is 18.9 Å². The average Bonchev–Trinajstić information content (AvgIpc) is 3.56. The Hall–Kier alpha value is -4.52. The second-order valence-electron chi connectivity index (χ2n) is 7.68. The Bertz CT molecular complexity index is 1680. The summed E-state index contributed by atoms with van der Waals surface area (Å²) >= 11 is 5.91. The molecule has 0 bridgehead atoms. The molecule has 11 heteroatoms. The van der Waals surface area contributed by atoms with Gasteiger partial charge >= 0.3 is 0 Å². The lowest BCUT2D eigenvalue weighted by molar-refractivity contribution is 0.173. The smallest absolute Gasteiger partial charge is 0.231 e. The quantitative estimate of drug-likeness (QED) is 0.232. The maximum Gasteiger partial charge on any atom is 0.231 e. The van der Waals surface area contributed by atoms with Crippen molar-refractivity contribution in [3.63, 3.8) is 0 Å². The predicted octanol–water partition coefficient (Wildman–Crippen LogP) is 5.52. The lowest BCUT2D eigenvalue weighted by Gasteiger charge is -2.09. The molecule has 0 aliphatic carbocycles. The number of aromatic nitrogens is 4. The molecule has 0 spiro atoms. The minimum Gasteiger partial charge on any atom is -0.454 e. The molecule has 7 rings (SSSR count). The van der Waals surface area contributed by atoms with Gasteiger partial charge in [0, 0.05) is 34.2 Å². The summed E-state index contributed by atoms with van der Waals surface area (Å²) < 4.78 is 21.2. The van der Waals surface area contributed by atoms with Gasteiger partial charge < -0.3 is 24.3 Å². The monoisotopic (exact) mass is 533 g/mol. The van der Waals surface area contributed by atoms with E-state index in [1.165, 1.54) is 12.7 Å². The fraction of sp³-hybridized carbons (Fsp3) is 0.0769. The molecule has 184 valence electrons. The molecule has 3 aromatic carbocycles. The number of terminal acetylenes is 1. The van der Waals surface area contributed by atoms with Crippen LogP contribution < -0.4 is 24.3 Å². The Kier molecular flexibility index (Phi) is 6.68. The van der Waals surface area contributed by atoms with Crippen LogP contribution in [0.3, 0.4) is 0 Å². The molecule has 2 aromatic heterocycles. The number of hydrogen-bond donors (Lipinski definition) is 1. The van der Waals surface area contributed by atoms with Crippen LogP contribution in [0.2, 0.25) is 5.15 Å². The van der Waals surface area contributed by atoms with Crippen LogP contribution in [0.15, 0.2) is 61.2 Å². The topological polar surface area (TPSA) is 101 Å². The molecular weight excluding hydrogens is 517 g/mol. The maximum atomic E-state index is 5.91. The number of anilines is 2. The van der Waals surface area contributed by atoms with Crippen LogP contribution in [0.25, 0.3) is 21.8 Å². The summed E-state index contributed by atoms with van der Waals surface area (Å²) in [6.45, 7) is 0.475. The number of nitrogens with one attached hydrogen (secondary N) is 1. The van der Waals surface area contributed by atoms with Gasteiger partial charge in [0.1, 0.15) is 23.6 Å². The predicted molar refractivity (Wildman–Crippen MR) is 141 cm³/mol. The molecule has 4 heterocycles. The lowest BCUT2D eigenvalue weighted by atomic mass is 10.2. The van der Waals surface area contributed by atoms with Gasteiger partial charge in [0.05, 0.1) is 11.0 Å². The summed E-state index contributed by atoms with van der Waals surface area (Å²) in [6, 6.07) is 14.9. The molecule has 9 nitrogen and oxygen atoms in total. The van der Waals surface area contributed by atoms with E-state index >= 15 is 0 Å². The Morgan fingerprint density at radius 2 is 1.35 bits per heavy atom. The van der Waals surface area contributed by atoms with E-state index in [0.29, 0.717) is 34.0 Å². The molecule has 1 N–H and O–H groups in total. The van der Waals surface area contributed by atoms with Crippen molar-refractivity contribution in [2.45, 2.75) is 0 Å². The Morgan fingerprint density at radius 3 is 2.03 bits per heavy atom. The van der Waals surface area contributed by atoms with Gasteiger partial charge in [-0.05, 0) is 30.3 Å². The van der Waals surface area contributed by atoms with Crippen LogP contribution in [-0.4, -0.2) is 33.5 Å².